The van der Waals surface area contributed by atoms with E-state index in [0.717, 1.165) is 56.8 Å². The van der Waals surface area contributed by atoms with Gasteiger partial charge in [-0.15, -0.1) is 0 Å². The molecule has 2 aromatic rings. The highest BCUT2D eigenvalue weighted by Crippen LogP contribution is 2.16. The van der Waals surface area contributed by atoms with Gasteiger partial charge in [-0.3, -0.25) is 9.59 Å². The summed E-state index contributed by atoms with van der Waals surface area (Å²) in [5, 5.41) is 4.33. The number of piperazine rings is 1. The van der Waals surface area contributed by atoms with Gasteiger partial charge in [-0.2, -0.15) is 11.3 Å². The van der Waals surface area contributed by atoms with E-state index in [2.05, 4.69) is 16.8 Å². The van der Waals surface area contributed by atoms with E-state index >= 15 is 0 Å². The van der Waals surface area contributed by atoms with Crippen molar-refractivity contribution in [3.63, 3.8) is 0 Å². The second-order valence-corrected chi connectivity index (χ2v) is 8.25. The van der Waals surface area contributed by atoms with Crippen LogP contribution in [-0.4, -0.2) is 54.3 Å². The van der Waals surface area contributed by atoms with Gasteiger partial charge in [-0.25, -0.2) is 0 Å². The molecule has 1 N–H and O–H groups in total. The Labute approximate surface area is 164 Å². The van der Waals surface area contributed by atoms with Crippen molar-refractivity contribution in [3.8, 4) is 0 Å². The second kappa shape index (κ2) is 8.23. The molecule has 3 heterocycles. The number of nitrogens with one attached hydrogen (secondary N) is 1. The van der Waals surface area contributed by atoms with Crippen LogP contribution in [0.1, 0.15) is 34.3 Å². The van der Waals surface area contributed by atoms with Crippen LogP contribution in [0, 0.1) is 0 Å². The van der Waals surface area contributed by atoms with Gasteiger partial charge in [0.15, 0.2) is 0 Å². The van der Waals surface area contributed by atoms with Crippen molar-refractivity contribution in [1.29, 1.82) is 0 Å². The van der Waals surface area contributed by atoms with Crippen LogP contribution in [0.25, 0.3) is 0 Å². The number of hydrogen-bond acceptors (Lipinski definition) is 3. The van der Waals surface area contributed by atoms with Gasteiger partial charge < -0.3 is 14.7 Å². The Balaban J connectivity index is 1.34. The molecule has 2 saturated heterocycles. The van der Waals surface area contributed by atoms with Crippen LogP contribution < -0.4 is 4.90 Å². The lowest BCUT2D eigenvalue weighted by atomic mass is 10.1. The normalized spacial score (nSPS) is 18.3. The van der Waals surface area contributed by atoms with Crippen LogP contribution >= 0.6 is 11.3 Å². The van der Waals surface area contributed by atoms with Crippen molar-refractivity contribution in [3.05, 3.63) is 57.8 Å². The van der Waals surface area contributed by atoms with E-state index in [9.17, 15) is 9.59 Å². The maximum Gasteiger partial charge on any atom is 0.254 e. The summed E-state index contributed by atoms with van der Waals surface area (Å²) >= 11 is 1.74. The molecular weight excluding hydrogens is 358 g/mol. The molecule has 2 amide bonds. The monoisotopic (exact) mass is 384 g/mol. The van der Waals surface area contributed by atoms with E-state index in [0.29, 0.717) is 13.0 Å². The first-order valence-corrected chi connectivity index (χ1v) is 10.6. The fourth-order valence-corrected chi connectivity index (χ4v) is 4.63. The van der Waals surface area contributed by atoms with Crippen LogP contribution in [0.4, 0.5) is 0 Å². The van der Waals surface area contributed by atoms with E-state index in [1.54, 1.807) is 16.2 Å². The maximum absolute atomic E-state index is 12.9. The first kappa shape index (κ1) is 18.2. The lowest BCUT2D eigenvalue weighted by molar-refractivity contribution is -0.917. The lowest BCUT2D eigenvalue weighted by Gasteiger charge is -2.32. The third kappa shape index (κ3) is 4.39. The number of hydrogen-bond donors (Lipinski definition) is 1. The van der Waals surface area contributed by atoms with Crippen molar-refractivity contribution < 1.29 is 14.5 Å². The van der Waals surface area contributed by atoms with Gasteiger partial charge in [0.05, 0.1) is 26.2 Å². The quantitative estimate of drug-likeness (QED) is 0.847. The molecule has 1 aromatic heterocycles. The van der Waals surface area contributed by atoms with Crippen LogP contribution in [0.5, 0.6) is 0 Å². The van der Waals surface area contributed by atoms with Gasteiger partial charge in [0.1, 0.15) is 6.54 Å². The van der Waals surface area contributed by atoms with E-state index < -0.39 is 0 Å². The molecule has 0 aliphatic carbocycles. The van der Waals surface area contributed by atoms with Crippen molar-refractivity contribution >= 4 is 23.2 Å². The molecule has 0 radical (unpaired) electrons. The largest absolute Gasteiger partial charge is 0.338 e. The molecule has 4 rings (SSSR count). The highest BCUT2D eigenvalue weighted by atomic mass is 32.1. The number of likely N-dealkylation sites (tertiary alicyclic amines) is 1. The smallest absolute Gasteiger partial charge is 0.254 e. The Kier molecular flexibility index (Phi) is 5.55. The molecule has 27 heavy (non-hydrogen) atoms. The molecule has 1 aromatic carbocycles. The highest BCUT2D eigenvalue weighted by molar-refractivity contribution is 7.07. The number of rotatable bonds is 5. The highest BCUT2D eigenvalue weighted by Gasteiger charge is 2.25. The van der Waals surface area contributed by atoms with Gasteiger partial charge in [0.25, 0.3) is 5.91 Å². The molecule has 142 valence electrons. The van der Waals surface area contributed by atoms with Crippen LogP contribution in [0.3, 0.4) is 0 Å². The molecule has 5 nitrogen and oxygen atoms in total. The molecule has 0 spiro atoms. The molecule has 0 atom stereocenters. The third-order valence-electron chi connectivity index (χ3n) is 5.51. The summed E-state index contributed by atoms with van der Waals surface area (Å²) in [7, 11) is 0. The predicted octanol–water partition coefficient (Wildman–Crippen LogP) is 1.41. The number of carbonyl (C=O) groups is 2. The fourth-order valence-electron chi connectivity index (χ4n) is 3.96. The van der Waals surface area contributed by atoms with Crippen LogP contribution in [-0.2, 0) is 17.9 Å². The topological polar surface area (TPSA) is 45.1 Å². The Bertz CT molecular complexity index is 798. The third-order valence-corrected chi connectivity index (χ3v) is 6.24. The second-order valence-electron chi connectivity index (χ2n) is 7.47. The van der Waals surface area contributed by atoms with Gasteiger partial charge in [-0.05, 0) is 40.9 Å². The Hall–Kier alpha value is -2.18. The molecule has 2 fully saturated rings. The van der Waals surface area contributed by atoms with Gasteiger partial charge in [0, 0.05) is 30.6 Å². The van der Waals surface area contributed by atoms with Crippen molar-refractivity contribution in [1.82, 2.24) is 9.80 Å². The number of thiophene rings is 1. The molecule has 0 bridgehead atoms. The summed E-state index contributed by atoms with van der Waals surface area (Å²) in [6.07, 6.45) is 1.59. The number of amides is 2. The maximum atomic E-state index is 12.9. The number of carbonyl (C=O) groups excluding carboxylic acids is 2. The SMILES string of the molecule is O=C1CCCN1Cc1cccc(C(=O)N2CC[NH+](Cc3ccsc3)CC2)c1. The number of nitrogens with zero attached hydrogens (tertiary/aromatic N) is 2. The predicted molar refractivity (Wildman–Crippen MR) is 106 cm³/mol. The van der Waals surface area contributed by atoms with Crippen LogP contribution in [0.2, 0.25) is 0 Å². The van der Waals surface area contributed by atoms with Gasteiger partial charge >= 0.3 is 0 Å². The van der Waals surface area contributed by atoms with E-state index in [1.807, 2.05) is 34.1 Å². The summed E-state index contributed by atoms with van der Waals surface area (Å²) in [6.45, 7) is 6.06. The average molecular weight is 385 g/mol. The van der Waals surface area contributed by atoms with Crippen LogP contribution in [0.15, 0.2) is 41.1 Å². The van der Waals surface area contributed by atoms with Crippen molar-refractivity contribution in [2.24, 2.45) is 0 Å². The molecular formula is C21H26N3O2S+. The summed E-state index contributed by atoms with van der Waals surface area (Å²) < 4.78 is 0. The zero-order valence-electron chi connectivity index (χ0n) is 15.5. The summed E-state index contributed by atoms with van der Waals surface area (Å²) in [5.74, 6) is 0.329. The molecule has 2 aliphatic heterocycles. The zero-order chi connectivity index (χ0) is 18.6. The Morgan fingerprint density at radius 1 is 1.11 bits per heavy atom. The van der Waals surface area contributed by atoms with E-state index in [4.69, 9.17) is 0 Å². The summed E-state index contributed by atoms with van der Waals surface area (Å²) in [4.78, 5) is 30.1. The zero-order valence-corrected chi connectivity index (χ0v) is 16.3. The minimum absolute atomic E-state index is 0.110. The first-order chi connectivity index (χ1) is 13.2. The van der Waals surface area contributed by atoms with E-state index in [1.165, 1.54) is 5.56 Å². The van der Waals surface area contributed by atoms with Gasteiger partial charge in [-0.1, -0.05) is 12.1 Å². The summed E-state index contributed by atoms with van der Waals surface area (Å²) in [6, 6.07) is 9.97. The summed E-state index contributed by atoms with van der Waals surface area (Å²) in [5.41, 5.74) is 3.16. The van der Waals surface area contributed by atoms with E-state index in [-0.39, 0.29) is 11.8 Å². The van der Waals surface area contributed by atoms with Crippen molar-refractivity contribution in [2.75, 3.05) is 32.7 Å². The Morgan fingerprint density at radius 2 is 1.96 bits per heavy atom. The fraction of sp³-hybridized carbons (Fsp3) is 0.429. The molecule has 0 saturated carbocycles. The standard InChI is InChI=1S/C21H25N3O2S/c25-20-5-2-7-24(20)15-17-3-1-4-19(13-17)21(26)23-10-8-22(9-11-23)14-18-6-12-27-16-18/h1,3-4,6,12-13,16H,2,5,7-11,14-15H2/p+1. The lowest BCUT2D eigenvalue weighted by Crippen LogP contribution is -3.13. The first-order valence-electron chi connectivity index (χ1n) is 9.70. The Morgan fingerprint density at radius 3 is 2.67 bits per heavy atom. The number of benzene rings is 1. The number of quaternary nitrogens is 1. The molecule has 0 unspecified atom stereocenters. The molecule has 2 aliphatic rings. The minimum Gasteiger partial charge on any atom is -0.338 e. The molecule has 6 heteroatoms. The average Bonchev–Trinajstić information content (AvgIpc) is 3.34. The van der Waals surface area contributed by atoms with Gasteiger partial charge in [0.2, 0.25) is 5.91 Å². The van der Waals surface area contributed by atoms with Crippen molar-refractivity contribution in [2.45, 2.75) is 25.9 Å². The minimum atomic E-state index is 0.110.